The van der Waals surface area contributed by atoms with Crippen LogP contribution in [0.4, 0.5) is 0 Å². The minimum Gasteiger partial charge on any atom is -0.388 e. The summed E-state index contributed by atoms with van der Waals surface area (Å²) in [6, 6.07) is 3.53. The number of piperidine rings is 1. The van der Waals surface area contributed by atoms with E-state index in [1.807, 2.05) is 7.05 Å². The maximum absolute atomic E-state index is 12.2. The third kappa shape index (κ3) is 2.86. The van der Waals surface area contributed by atoms with Crippen LogP contribution in [0.25, 0.3) is 0 Å². The van der Waals surface area contributed by atoms with Gasteiger partial charge in [-0.1, -0.05) is 0 Å². The van der Waals surface area contributed by atoms with Crippen molar-refractivity contribution in [2.24, 2.45) is 0 Å². The lowest BCUT2D eigenvalue weighted by Gasteiger charge is -2.38. The molecule has 1 fully saturated rings. The van der Waals surface area contributed by atoms with Crippen molar-refractivity contribution in [3.8, 4) is 0 Å². The molecule has 5 heteroatoms. The number of hydrogen-bond acceptors (Lipinski definition) is 4. The third-order valence-electron chi connectivity index (χ3n) is 3.40. The maximum atomic E-state index is 12.2. The van der Waals surface area contributed by atoms with E-state index < -0.39 is 5.60 Å². The third-order valence-corrected chi connectivity index (χ3v) is 3.40. The Hall–Kier alpha value is -1.46. The summed E-state index contributed by atoms with van der Waals surface area (Å²) < 4.78 is 0. The van der Waals surface area contributed by atoms with Gasteiger partial charge in [-0.25, -0.2) is 0 Å². The highest BCUT2D eigenvalue weighted by Gasteiger charge is 2.33. The molecule has 0 atom stereocenters. The molecular weight excluding hydrogens is 230 g/mol. The second kappa shape index (κ2) is 5.46. The van der Waals surface area contributed by atoms with E-state index in [2.05, 4.69) is 10.3 Å². The topological polar surface area (TPSA) is 65.5 Å². The van der Waals surface area contributed by atoms with Crippen LogP contribution >= 0.6 is 0 Å². The fourth-order valence-corrected chi connectivity index (χ4v) is 2.30. The molecule has 1 amide bonds. The molecule has 0 radical (unpaired) electrons. The Morgan fingerprint density at radius 2 is 2.28 bits per heavy atom. The minimum absolute atomic E-state index is 0.00499. The molecule has 0 bridgehead atoms. The van der Waals surface area contributed by atoms with E-state index in [1.165, 1.54) is 0 Å². The van der Waals surface area contributed by atoms with Crippen LogP contribution in [-0.4, -0.2) is 53.2 Å². The summed E-state index contributed by atoms with van der Waals surface area (Å²) in [5, 5.41) is 13.2. The molecule has 0 aliphatic carbocycles. The first-order chi connectivity index (χ1) is 8.64. The van der Waals surface area contributed by atoms with E-state index in [-0.39, 0.29) is 5.91 Å². The van der Waals surface area contributed by atoms with Crippen molar-refractivity contribution in [1.82, 2.24) is 15.2 Å². The summed E-state index contributed by atoms with van der Waals surface area (Å²) in [5.41, 5.74) is -0.0722. The summed E-state index contributed by atoms with van der Waals surface area (Å²) in [5.74, 6) is -0.00499. The van der Waals surface area contributed by atoms with Crippen LogP contribution in [0.3, 0.4) is 0 Å². The quantitative estimate of drug-likeness (QED) is 0.807. The Morgan fingerprint density at radius 3 is 2.83 bits per heavy atom. The lowest BCUT2D eigenvalue weighted by Crippen LogP contribution is -2.50. The predicted octanol–water partition coefficient (Wildman–Crippen LogP) is 0.268. The van der Waals surface area contributed by atoms with Gasteiger partial charge in [0.15, 0.2) is 0 Å². The summed E-state index contributed by atoms with van der Waals surface area (Å²) in [7, 11) is 1.82. The molecule has 0 spiro atoms. The molecular formula is C13H19N3O2. The number of rotatable bonds is 3. The zero-order valence-corrected chi connectivity index (χ0v) is 10.6. The number of likely N-dealkylation sites (tertiary alicyclic amines) is 1. The van der Waals surface area contributed by atoms with Crippen molar-refractivity contribution in [2.75, 3.05) is 26.7 Å². The summed E-state index contributed by atoms with van der Waals surface area (Å²) in [6.07, 6.45) is 4.45. The Bertz CT molecular complexity index is 400. The van der Waals surface area contributed by atoms with Gasteiger partial charge in [-0.05, 0) is 32.0 Å². The number of aliphatic hydroxyl groups is 1. The van der Waals surface area contributed by atoms with E-state index in [0.717, 1.165) is 0 Å². The highest BCUT2D eigenvalue weighted by Crippen LogP contribution is 2.22. The number of hydrogen-bond donors (Lipinski definition) is 2. The number of aromatic nitrogens is 1. The number of carbonyl (C=O) groups is 1. The molecule has 1 aliphatic rings. The van der Waals surface area contributed by atoms with Crippen LogP contribution in [-0.2, 0) is 0 Å². The Labute approximate surface area is 107 Å². The second-order valence-corrected chi connectivity index (χ2v) is 4.79. The lowest BCUT2D eigenvalue weighted by molar-refractivity contribution is -0.0143. The highest BCUT2D eigenvalue weighted by atomic mass is 16.3. The number of likely N-dealkylation sites (N-methyl/N-ethyl adjacent to an activating group) is 1. The lowest BCUT2D eigenvalue weighted by atomic mass is 9.91. The standard InChI is InChI=1S/C13H19N3O2/c1-14-10-13(18)4-7-16(8-5-13)12(17)11-3-2-6-15-9-11/h2-3,6,9,14,18H,4-5,7-8,10H2,1H3. The summed E-state index contributed by atoms with van der Waals surface area (Å²) in [6.45, 7) is 1.75. The van der Waals surface area contributed by atoms with Crippen molar-refractivity contribution >= 4 is 5.91 Å². The number of carbonyl (C=O) groups excluding carboxylic acids is 1. The van der Waals surface area contributed by atoms with E-state index in [0.29, 0.717) is 38.0 Å². The first-order valence-electron chi connectivity index (χ1n) is 6.21. The molecule has 1 aromatic rings. The van der Waals surface area contributed by atoms with Gasteiger partial charge in [-0.3, -0.25) is 9.78 Å². The first kappa shape index (κ1) is 13.0. The van der Waals surface area contributed by atoms with E-state index in [9.17, 15) is 9.90 Å². The predicted molar refractivity (Wildman–Crippen MR) is 68.3 cm³/mol. The van der Waals surface area contributed by atoms with Gasteiger partial charge in [0.25, 0.3) is 5.91 Å². The molecule has 2 heterocycles. The minimum atomic E-state index is -0.680. The maximum Gasteiger partial charge on any atom is 0.255 e. The fourth-order valence-electron chi connectivity index (χ4n) is 2.30. The molecule has 2 N–H and O–H groups in total. The van der Waals surface area contributed by atoms with E-state index >= 15 is 0 Å². The number of nitrogens with zero attached hydrogens (tertiary/aromatic N) is 2. The average molecular weight is 249 g/mol. The summed E-state index contributed by atoms with van der Waals surface area (Å²) in [4.78, 5) is 17.9. The molecule has 18 heavy (non-hydrogen) atoms. The van der Waals surface area contributed by atoms with Crippen LogP contribution in [0.2, 0.25) is 0 Å². The van der Waals surface area contributed by atoms with Crippen LogP contribution in [0, 0.1) is 0 Å². The first-order valence-corrected chi connectivity index (χ1v) is 6.21. The Kier molecular flexibility index (Phi) is 3.93. The normalized spacial score (nSPS) is 18.7. The molecule has 1 saturated heterocycles. The monoisotopic (exact) mass is 249 g/mol. The van der Waals surface area contributed by atoms with Crippen LogP contribution < -0.4 is 5.32 Å². The van der Waals surface area contributed by atoms with Crippen molar-refractivity contribution in [3.05, 3.63) is 30.1 Å². The van der Waals surface area contributed by atoms with Gasteiger partial charge in [0.05, 0.1) is 11.2 Å². The molecule has 0 aromatic carbocycles. The smallest absolute Gasteiger partial charge is 0.255 e. The number of pyridine rings is 1. The summed E-state index contributed by atoms with van der Waals surface area (Å²) >= 11 is 0. The molecule has 0 saturated carbocycles. The molecule has 0 unspecified atom stereocenters. The van der Waals surface area contributed by atoms with Crippen molar-refractivity contribution in [1.29, 1.82) is 0 Å². The van der Waals surface area contributed by atoms with Crippen LogP contribution in [0.5, 0.6) is 0 Å². The van der Waals surface area contributed by atoms with Gasteiger partial charge < -0.3 is 15.3 Å². The molecule has 2 rings (SSSR count). The van der Waals surface area contributed by atoms with Crippen LogP contribution in [0.15, 0.2) is 24.5 Å². The van der Waals surface area contributed by atoms with Gasteiger partial charge in [0.1, 0.15) is 0 Å². The van der Waals surface area contributed by atoms with Gasteiger partial charge in [0.2, 0.25) is 0 Å². The zero-order valence-electron chi connectivity index (χ0n) is 10.6. The van der Waals surface area contributed by atoms with Crippen molar-refractivity contribution in [2.45, 2.75) is 18.4 Å². The second-order valence-electron chi connectivity index (χ2n) is 4.79. The largest absolute Gasteiger partial charge is 0.388 e. The number of amides is 1. The Balaban J connectivity index is 1.96. The van der Waals surface area contributed by atoms with Gasteiger partial charge >= 0.3 is 0 Å². The SMILES string of the molecule is CNCC1(O)CCN(C(=O)c2cccnc2)CC1. The molecule has 5 nitrogen and oxygen atoms in total. The van der Waals surface area contributed by atoms with Gasteiger partial charge in [0, 0.05) is 32.0 Å². The van der Waals surface area contributed by atoms with E-state index in [4.69, 9.17) is 0 Å². The Morgan fingerprint density at radius 1 is 1.56 bits per heavy atom. The number of nitrogens with one attached hydrogen (secondary N) is 1. The molecule has 98 valence electrons. The van der Waals surface area contributed by atoms with Crippen LogP contribution in [0.1, 0.15) is 23.2 Å². The van der Waals surface area contributed by atoms with Crippen molar-refractivity contribution < 1.29 is 9.90 Å². The van der Waals surface area contributed by atoms with E-state index in [1.54, 1.807) is 29.4 Å². The fraction of sp³-hybridized carbons (Fsp3) is 0.538. The highest BCUT2D eigenvalue weighted by molar-refractivity contribution is 5.93. The van der Waals surface area contributed by atoms with Gasteiger partial charge in [-0.15, -0.1) is 0 Å². The van der Waals surface area contributed by atoms with Gasteiger partial charge in [-0.2, -0.15) is 0 Å². The zero-order chi connectivity index (χ0) is 13.0. The van der Waals surface area contributed by atoms with Crippen molar-refractivity contribution in [3.63, 3.8) is 0 Å². The molecule has 1 aliphatic heterocycles. The average Bonchev–Trinajstić information content (AvgIpc) is 2.40. The molecule has 1 aromatic heterocycles.